The first-order valence-electron chi connectivity index (χ1n) is 9.09. The normalized spacial score (nSPS) is 28.1. The summed E-state index contributed by atoms with van der Waals surface area (Å²) in [6.07, 6.45) is 4.00. The number of hydrogen-bond donors (Lipinski definition) is 4. The number of rotatable bonds is 9. The molecular weight excluding hydrogens is 334 g/mol. The maximum absolute atomic E-state index is 10.3. The highest BCUT2D eigenvalue weighted by molar-refractivity contribution is 5.97. The number of nitrogens with zero attached hydrogens (tertiary/aromatic N) is 1. The molecule has 6 nitrogen and oxygen atoms in total. The van der Waals surface area contributed by atoms with E-state index in [1.165, 1.54) is 0 Å². The monoisotopic (exact) mass is 368 g/mol. The van der Waals surface area contributed by atoms with Crippen molar-refractivity contribution in [2.75, 3.05) is 13.2 Å². The van der Waals surface area contributed by atoms with Crippen LogP contribution in [0.2, 0.25) is 0 Å². The second-order valence-corrected chi connectivity index (χ2v) is 7.66. The maximum Gasteiger partial charge on any atom is 0.114 e. The number of allylic oxidation sites excluding steroid dienone is 4. The predicted molar refractivity (Wildman–Crippen MR) is 103 cm³/mol. The summed E-state index contributed by atoms with van der Waals surface area (Å²) in [5.41, 5.74) is 0.901. The molecule has 26 heavy (non-hydrogen) atoms. The highest BCUT2D eigenvalue weighted by Crippen LogP contribution is 2.41. The molecule has 0 saturated heterocycles. The lowest BCUT2D eigenvalue weighted by atomic mass is 9.65. The molecule has 0 heterocycles. The van der Waals surface area contributed by atoms with Crippen molar-refractivity contribution in [3.05, 3.63) is 31.4 Å². The summed E-state index contributed by atoms with van der Waals surface area (Å²) in [5.74, 6) is 0.499. The lowest BCUT2D eigenvalue weighted by Crippen LogP contribution is -2.48. The van der Waals surface area contributed by atoms with E-state index in [4.69, 9.17) is 9.84 Å². The molecule has 0 bridgehead atoms. The lowest BCUT2D eigenvalue weighted by Gasteiger charge is -2.40. The molecule has 1 aliphatic rings. The van der Waals surface area contributed by atoms with Crippen LogP contribution in [-0.2, 0) is 4.74 Å². The third kappa shape index (κ3) is 5.72. The average Bonchev–Trinajstić information content (AvgIpc) is 2.58. The van der Waals surface area contributed by atoms with Gasteiger partial charge in [0.25, 0.3) is 0 Å². The Morgan fingerprint density at radius 2 is 2.00 bits per heavy atom. The van der Waals surface area contributed by atoms with E-state index in [0.29, 0.717) is 5.92 Å². The Morgan fingerprint density at radius 3 is 2.50 bits per heavy atom. The number of aliphatic imine (C=N–C) groups is 1. The van der Waals surface area contributed by atoms with Crippen LogP contribution >= 0.6 is 0 Å². The van der Waals surface area contributed by atoms with Crippen LogP contribution in [0.5, 0.6) is 0 Å². The van der Waals surface area contributed by atoms with Gasteiger partial charge in [0.2, 0.25) is 0 Å². The van der Waals surface area contributed by atoms with E-state index in [1.54, 1.807) is 0 Å². The van der Waals surface area contributed by atoms with Gasteiger partial charge in [0.15, 0.2) is 0 Å². The van der Waals surface area contributed by atoms with Crippen LogP contribution in [0.1, 0.15) is 34.1 Å². The van der Waals surface area contributed by atoms with E-state index < -0.39 is 31.0 Å². The minimum absolute atomic E-state index is 0.0299. The van der Waals surface area contributed by atoms with Gasteiger partial charge >= 0.3 is 0 Å². The van der Waals surface area contributed by atoms with Crippen LogP contribution in [0.15, 0.2) is 29.3 Å². The third-order valence-electron chi connectivity index (χ3n) is 5.06. The lowest BCUT2D eigenvalue weighted by molar-refractivity contribution is -0.118. The fraction of sp³-hybridized carbons (Fsp3) is 0.700. The van der Waals surface area contributed by atoms with Gasteiger partial charge in [0.05, 0.1) is 20.3 Å². The largest absolute Gasteiger partial charge is 0.394 e. The summed E-state index contributed by atoms with van der Waals surface area (Å²) < 4.78 is 4.77. The number of hydrogen-bond acceptors (Lipinski definition) is 6. The van der Waals surface area contributed by atoms with Crippen molar-refractivity contribution in [2.45, 2.75) is 58.5 Å². The summed E-state index contributed by atoms with van der Waals surface area (Å²) >= 11 is 0. The van der Waals surface area contributed by atoms with Crippen LogP contribution in [0, 0.1) is 24.4 Å². The molecule has 1 radical (unpaired) electrons. The van der Waals surface area contributed by atoms with Crippen molar-refractivity contribution < 1.29 is 25.2 Å². The van der Waals surface area contributed by atoms with Crippen LogP contribution < -0.4 is 0 Å². The summed E-state index contributed by atoms with van der Waals surface area (Å²) in [6, 6.07) is 0. The predicted octanol–water partition coefficient (Wildman–Crippen LogP) is 1.49. The van der Waals surface area contributed by atoms with Crippen molar-refractivity contribution >= 4 is 5.71 Å². The zero-order chi connectivity index (χ0) is 19.9. The van der Waals surface area contributed by atoms with Gasteiger partial charge in [0, 0.05) is 11.6 Å². The highest BCUT2D eigenvalue weighted by atomic mass is 16.5. The van der Waals surface area contributed by atoms with Gasteiger partial charge in [0.1, 0.15) is 24.4 Å². The number of ether oxygens (including phenoxy) is 1. The second-order valence-electron chi connectivity index (χ2n) is 7.66. The first-order valence-corrected chi connectivity index (χ1v) is 9.09. The molecule has 0 amide bonds. The van der Waals surface area contributed by atoms with Crippen molar-refractivity contribution in [2.24, 2.45) is 22.2 Å². The molecule has 6 atom stereocenters. The van der Waals surface area contributed by atoms with E-state index in [2.05, 4.69) is 45.0 Å². The fourth-order valence-electron chi connectivity index (χ4n) is 3.70. The number of aliphatic hydroxyl groups excluding tert-OH is 4. The molecule has 1 aliphatic carbocycles. The molecule has 1 rings (SSSR count). The Balaban J connectivity index is 2.97. The van der Waals surface area contributed by atoms with Crippen molar-refractivity contribution in [3.63, 3.8) is 0 Å². The molecule has 0 aromatic carbocycles. The van der Waals surface area contributed by atoms with E-state index in [-0.39, 0.29) is 17.9 Å². The van der Waals surface area contributed by atoms with Gasteiger partial charge in [-0.3, -0.25) is 4.99 Å². The minimum atomic E-state index is -1.41. The fourth-order valence-corrected chi connectivity index (χ4v) is 3.70. The molecule has 0 aromatic rings. The maximum atomic E-state index is 10.3. The SMILES string of the molecule is [CH2]OC(C(O)CO)C(O)C(O)CN=C(/C=C/C)C1C(C)C=CCC1(C)C. The van der Waals surface area contributed by atoms with Gasteiger partial charge < -0.3 is 25.2 Å². The van der Waals surface area contributed by atoms with E-state index >= 15 is 0 Å². The van der Waals surface area contributed by atoms with Crippen LogP contribution in [0.4, 0.5) is 0 Å². The molecule has 149 valence electrons. The van der Waals surface area contributed by atoms with Crippen LogP contribution in [-0.4, -0.2) is 63.7 Å². The van der Waals surface area contributed by atoms with Gasteiger partial charge in [-0.25, -0.2) is 0 Å². The molecule has 4 N–H and O–H groups in total. The first kappa shape index (κ1) is 23.0. The van der Waals surface area contributed by atoms with E-state index in [9.17, 15) is 15.3 Å². The van der Waals surface area contributed by atoms with Gasteiger partial charge in [-0.05, 0) is 30.8 Å². The van der Waals surface area contributed by atoms with Gasteiger partial charge in [-0.2, -0.15) is 0 Å². The minimum Gasteiger partial charge on any atom is -0.394 e. The van der Waals surface area contributed by atoms with Crippen molar-refractivity contribution in [3.8, 4) is 0 Å². The summed E-state index contributed by atoms with van der Waals surface area (Å²) in [7, 11) is 3.19. The molecular formula is C20H34NO5. The third-order valence-corrected chi connectivity index (χ3v) is 5.06. The quantitative estimate of drug-likeness (QED) is 0.365. The topological polar surface area (TPSA) is 103 Å². The van der Waals surface area contributed by atoms with Crippen molar-refractivity contribution in [1.82, 2.24) is 0 Å². The average molecular weight is 368 g/mol. The van der Waals surface area contributed by atoms with Gasteiger partial charge in [-0.15, -0.1) is 0 Å². The zero-order valence-electron chi connectivity index (χ0n) is 16.2. The Morgan fingerprint density at radius 1 is 1.35 bits per heavy atom. The molecule has 6 heteroatoms. The summed E-state index contributed by atoms with van der Waals surface area (Å²) in [6.45, 7) is 7.83. The molecule has 6 unspecified atom stereocenters. The van der Waals surface area contributed by atoms with E-state index in [1.807, 2.05) is 19.1 Å². The summed E-state index contributed by atoms with van der Waals surface area (Å²) in [5, 5.41) is 39.2. The Labute approximate surface area is 156 Å². The molecule has 0 aliphatic heterocycles. The standard InChI is InChI=1S/C20H34NO5/c1-6-8-14(17-13(2)9-7-10-20(17,3)4)21-11-15(23)18(25)19(26-5)16(24)12-22/h6-9,13,15-19,22-25H,5,10-12H2,1-4H3/b8-6+,21-14?. The Kier molecular flexibility index (Phi) is 9.13. The van der Waals surface area contributed by atoms with Gasteiger partial charge in [-0.1, -0.05) is 39.0 Å². The Bertz CT molecular complexity index is 514. The molecule has 0 saturated carbocycles. The smallest absolute Gasteiger partial charge is 0.114 e. The Hall–Kier alpha value is -1.05. The van der Waals surface area contributed by atoms with Crippen LogP contribution in [0.25, 0.3) is 0 Å². The zero-order valence-corrected chi connectivity index (χ0v) is 16.2. The van der Waals surface area contributed by atoms with Crippen molar-refractivity contribution in [1.29, 1.82) is 0 Å². The van der Waals surface area contributed by atoms with Crippen LogP contribution in [0.3, 0.4) is 0 Å². The van der Waals surface area contributed by atoms with E-state index in [0.717, 1.165) is 12.1 Å². The molecule has 0 aromatic heterocycles. The molecule has 0 fully saturated rings. The molecule has 0 spiro atoms. The first-order chi connectivity index (χ1) is 12.2. The summed E-state index contributed by atoms with van der Waals surface area (Å²) in [4.78, 5) is 4.57. The highest BCUT2D eigenvalue weighted by Gasteiger charge is 2.37. The number of aliphatic hydroxyl groups is 4. The second kappa shape index (κ2) is 10.3.